The molecule has 0 fully saturated rings. The number of phenols is 1. The molecule has 3 nitrogen and oxygen atoms in total. The minimum absolute atomic E-state index is 0.295. The average molecular weight is 292 g/mol. The molecule has 0 aliphatic rings. The van der Waals surface area contributed by atoms with Crippen LogP contribution < -0.4 is 5.73 Å². The van der Waals surface area contributed by atoms with Gasteiger partial charge >= 0.3 is 0 Å². The molecule has 3 N–H and O–H groups in total. The predicted octanol–water partition coefficient (Wildman–Crippen LogP) is 3.56. The molecule has 0 radical (unpaired) electrons. The van der Waals surface area contributed by atoms with E-state index in [9.17, 15) is 5.11 Å². The van der Waals surface area contributed by atoms with Crippen LogP contribution in [-0.2, 0) is 13.0 Å². The number of fused-ring (bicyclic) bond motifs is 1. The van der Waals surface area contributed by atoms with Gasteiger partial charge in [0.05, 0.1) is 0 Å². The molecule has 0 bridgehead atoms. The van der Waals surface area contributed by atoms with Crippen LogP contribution in [0.2, 0.25) is 0 Å². The minimum atomic E-state index is 0.295. The van der Waals surface area contributed by atoms with E-state index >= 15 is 0 Å². The van der Waals surface area contributed by atoms with Gasteiger partial charge in [0.25, 0.3) is 0 Å². The minimum Gasteiger partial charge on any atom is -0.508 e. The van der Waals surface area contributed by atoms with E-state index in [2.05, 4.69) is 35.0 Å². The highest BCUT2D eigenvalue weighted by Crippen LogP contribution is 2.26. The molecule has 3 rings (SSSR count). The fraction of sp³-hybridized carbons (Fsp3) is 0.158. The van der Waals surface area contributed by atoms with Crippen molar-refractivity contribution in [3.63, 3.8) is 0 Å². The lowest BCUT2D eigenvalue weighted by molar-refractivity contribution is 0.476. The Balaban J connectivity index is 1.89. The molecule has 3 aromatic rings. The van der Waals surface area contributed by atoms with Gasteiger partial charge in [0.1, 0.15) is 5.75 Å². The molecule has 112 valence electrons. The van der Waals surface area contributed by atoms with E-state index in [1.165, 1.54) is 11.1 Å². The third kappa shape index (κ3) is 3.05. The molecule has 0 saturated heterocycles. The number of nitrogens with zero attached hydrogens (tertiary/aromatic N) is 1. The number of rotatable bonds is 5. The van der Waals surface area contributed by atoms with Crippen LogP contribution in [0.4, 0.5) is 0 Å². The molecule has 0 spiro atoms. The Labute approximate surface area is 130 Å². The van der Waals surface area contributed by atoms with Crippen molar-refractivity contribution in [1.82, 2.24) is 4.57 Å². The highest BCUT2D eigenvalue weighted by Gasteiger charge is 2.08. The van der Waals surface area contributed by atoms with Gasteiger partial charge in [-0.3, -0.25) is 0 Å². The summed E-state index contributed by atoms with van der Waals surface area (Å²) in [6.45, 7) is 1.40. The van der Waals surface area contributed by atoms with Crippen LogP contribution in [0.25, 0.3) is 17.0 Å². The van der Waals surface area contributed by atoms with Crippen molar-refractivity contribution in [2.75, 3.05) is 6.54 Å². The second-order valence-electron chi connectivity index (χ2n) is 5.36. The van der Waals surface area contributed by atoms with Crippen molar-refractivity contribution in [1.29, 1.82) is 0 Å². The fourth-order valence-corrected chi connectivity index (χ4v) is 2.73. The van der Waals surface area contributed by atoms with E-state index in [4.69, 9.17) is 5.73 Å². The Bertz CT molecular complexity index is 788. The molecule has 22 heavy (non-hydrogen) atoms. The van der Waals surface area contributed by atoms with Crippen molar-refractivity contribution in [2.24, 2.45) is 5.73 Å². The van der Waals surface area contributed by atoms with E-state index in [0.29, 0.717) is 12.3 Å². The molecule has 0 amide bonds. The largest absolute Gasteiger partial charge is 0.508 e. The summed E-state index contributed by atoms with van der Waals surface area (Å²) in [6.07, 6.45) is 7.21. The number of hydrogen-bond acceptors (Lipinski definition) is 2. The normalized spacial score (nSPS) is 11.5. The van der Waals surface area contributed by atoms with Crippen LogP contribution >= 0.6 is 0 Å². The monoisotopic (exact) mass is 292 g/mol. The first-order chi connectivity index (χ1) is 10.8. The number of allylic oxidation sites excluding steroid dienone is 1. The Kier molecular flexibility index (Phi) is 4.26. The third-order valence-electron chi connectivity index (χ3n) is 3.77. The third-order valence-corrected chi connectivity index (χ3v) is 3.77. The van der Waals surface area contributed by atoms with E-state index in [-0.39, 0.29) is 0 Å². The van der Waals surface area contributed by atoms with Gasteiger partial charge in [0.2, 0.25) is 0 Å². The molecule has 2 aromatic carbocycles. The Morgan fingerprint density at radius 1 is 1.09 bits per heavy atom. The molecular formula is C19H20N2O. The van der Waals surface area contributed by atoms with Gasteiger partial charge in [-0.05, 0) is 42.3 Å². The van der Waals surface area contributed by atoms with E-state index in [1.54, 1.807) is 6.07 Å². The maximum atomic E-state index is 9.70. The van der Waals surface area contributed by atoms with Gasteiger partial charge < -0.3 is 15.4 Å². The topological polar surface area (TPSA) is 51.2 Å². The lowest BCUT2D eigenvalue weighted by atomic mass is 10.1. The number of nitrogens with two attached hydrogens (primary N) is 1. The highest BCUT2D eigenvalue weighted by molar-refractivity contribution is 5.85. The number of hydrogen-bond donors (Lipinski definition) is 2. The molecule has 0 saturated carbocycles. The van der Waals surface area contributed by atoms with Crippen LogP contribution in [0.5, 0.6) is 5.75 Å². The quantitative estimate of drug-likeness (QED) is 0.755. The first-order valence-corrected chi connectivity index (χ1v) is 7.50. The first kappa shape index (κ1) is 14.4. The fourth-order valence-electron chi connectivity index (χ4n) is 2.73. The summed E-state index contributed by atoms with van der Waals surface area (Å²) in [5.74, 6) is 0.295. The Hall–Kier alpha value is -2.52. The van der Waals surface area contributed by atoms with Crippen molar-refractivity contribution < 1.29 is 5.11 Å². The van der Waals surface area contributed by atoms with Gasteiger partial charge in [-0.1, -0.05) is 42.5 Å². The van der Waals surface area contributed by atoms with Crippen LogP contribution in [-0.4, -0.2) is 16.2 Å². The molecule has 1 aromatic heterocycles. The predicted molar refractivity (Wildman–Crippen MR) is 91.8 cm³/mol. The Morgan fingerprint density at radius 2 is 1.91 bits per heavy atom. The zero-order valence-electron chi connectivity index (χ0n) is 12.4. The van der Waals surface area contributed by atoms with Gasteiger partial charge in [0.15, 0.2) is 0 Å². The zero-order chi connectivity index (χ0) is 15.4. The molecule has 0 aliphatic heterocycles. The number of phenolic OH excluding ortho intramolecular Hbond substituents is 1. The first-order valence-electron chi connectivity index (χ1n) is 7.50. The van der Waals surface area contributed by atoms with Crippen LogP contribution in [0.1, 0.15) is 11.1 Å². The summed E-state index contributed by atoms with van der Waals surface area (Å²) in [5, 5.41) is 10.8. The second kappa shape index (κ2) is 6.50. The lowest BCUT2D eigenvalue weighted by Gasteiger charge is -2.01. The Morgan fingerprint density at radius 3 is 2.68 bits per heavy atom. The van der Waals surface area contributed by atoms with E-state index < -0.39 is 0 Å². The van der Waals surface area contributed by atoms with Crippen LogP contribution in [0, 0.1) is 0 Å². The standard InChI is InChI=1S/C19H20N2O/c20-11-10-16-14-21(19-9-8-17(22)13-18(16)19)12-4-7-15-5-2-1-3-6-15/h1-9,13-14,22H,10-12,20H2. The van der Waals surface area contributed by atoms with Gasteiger partial charge in [-0.25, -0.2) is 0 Å². The maximum Gasteiger partial charge on any atom is 0.116 e. The summed E-state index contributed by atoms with van der Waals surface area (Å²) in [7, 11) is 0. The number of benzene rings is 2. The van der Waals surface area contributed by atoms with E-state index in [1.807, 2.05) is 30.3 Å². The summed E-state index contributed by atoms with van der Waals surface area (Å²) < 4.78 is 2.19. The molecule has 1 heterocycles. The van der Waals surface area contributed by atoms with Crippen molar-refractivity contribution >= 4 is 17.0 Å². The lowest BCUT2D eigenvalue weighted by Crippen LogP contribution is -2.02. The highest BCUT2D eigenvalue weighted by atomic mass is 16.3. The summed E-state index contributed by atoms with van der Waals surface area (Å²) >= 11 is 0. The molecule has 0 aliphatic carbocycles. The summed E-state index contributed by atoms with van der Waals surface area (Å²) in [6, 6.07) is 15.8. The van der Waals surface area contributed by atoms with Crippen molar-refractivity contribution in [3.05, 3.63) is 71.9 Å². The molecular weight excluding hydrogens is 272 g/mol. The van der Waals surface area contributed by atoms with Crippen molar-refractivity contribution in [2.45, 2.75) is 13.0 Å². The van der Waals surface area contributed by atoms with Crippen LogP contribution in [0.3, 0.4) is 0 Å². The zero-order valence-corrected chi connectivity index (χ0v) is 12.4. The SMILES string of the molecule is NCCc1cn(CC=Cc2ccccc2)c2ccc(O)cc12. The van der Waals surface area contributed by atoms with E-state index in [0.717, 1.165) is 23.9 Å². The van der Waals surface area contributed by atoms with Crippen molar-refractivity contribution in [3.8, 4) is 5.75 Å². The molecule has 0 atom stereocenters. The summed E-state index contributed by atoms with van der Waals surface area (Å²) in [5.41, 5.74) is 9.19. The summed E-state index contributed by atoms with van der Waals surface area (Å²) in [4.78, 5) is 0. The average Bonchev–Trinajstić information content (AvgIpc) is 2.86. The molecule has 3 heteroatoms. The number of aromatic hydroxyl groups is 1. The second-order valence-corrected chi connectivity index (χ2v) is 5.36. The van der Waals surface area contributed by atoms with Gasteiger partial charge in [0, 0.05) is 23.6 Å². The maximum absolute atomic E-state index is 9.70. The molecule has 0 unspecified atom stereocenters. The van der Waals surface area contributed by atoms with Crippen LogP contribution in [0.15, 0.2) is 60.8 Å². The van der Waals surface area contributed by atoms with Gasteiger partial charge in [-0.2, -0.15) is 0 Å². The van der Waals surface area contributed by atoms with Gasteiger partial charge in [-0.15, -0.1) is 0 Å². The number of aromatic nitrogens is 1. The smallest absolute Gasteiger partial charge is 0.116 e.